The molecular formula is C16H20N2O5S. The third kappa shape index (κ3) is 2.91. The number of rotatable bonds is 2. The summed E-state index contributed by atoms with van der Waals surface area (Å²) < 4.78 is 30.8. The van der Waals surface area contributed by atoms with Gasteiger partial charge in [-0.3, -0.25) is 9.59 Å². The van der Waals surface area contributed by atoms with Crippen LogP contribution >= 0.6 is 0 Å². The Hall–Kier alpha value is -1.93. The minimum atomic E-state index is -3.73. The maximum atomic E-state index is 12.6. The van der Waals surface area contributed by atoms with Gasteiger partial charge in [-0.25, -0.2) is 12.7 Å². The lowest BCUT2D eigenvalue weighted by Gasteiger charge is -2.27. The molecule has 130 valence electrons. The lowest BCUT2D eigenvalue weighted by molar-refractivity contribution is -0.123. The molecular weight excluding hydrogens is 332 g/mol. The molecule has 24 heavy (non-hydrogen) atoms. The quantitative estimate of drug-likeness (QED) is 0.788. The number of carbonyl (C=O) groups excluding carboxylic acids is 2. The van der Waals surface area contributed by atoms with Crippen LogP contribution in [0.5, 0.6) is 0 Å². The van der Waals surface area contributed by atoms with Gasteiger partial charge >= 0.3 is 0 Å². The number of benzene rings is 1. The smallest absolute Gasteiger partial charge is 0.254 e. The fourth-order valence-electron chi connectivity index (χ4n) is 2.98. The molecule has 0 saturated carbocycles. The van der Waals surface area contributed by atoms with E-state index in [1.807, 2.05) is 0 Å². The van der Waals surface area contributed by atoms with Crippen molar-refractivity contribution in [3.63, 3.8) is 0 Å². The minimum Gasteiger partial charge on any atom is -0.378 e. The second kappa shape index (κ2) is 5.86. The normalized spacial score (nSPS) is 22.7. The van der Waals surface area contributed by atoms with Crippen molar-refractivity contribution in [1.29, 1.82) is 0 Å². The highest BCUT2D eigenvalue weighted by molar-refractivity contribution is 7.94. The number of hydrogen-bond donors (Lipinski definition) is 0. The van der Waals surface area contributed by atoms with Crippen molar-refractivity contribution in [2.75, 3.05) is 36.4 Å². The van der Waals surface area contributed by atoms with Gasteiger partial charge in [-0.05, 0) is 32.0 Å². The number of nitrogens with zero attached hydrogens (tertiary/aromatic N) is 2. The van der Waals surface area contributed by atoms with Gasteiger partial charge in [0.2, 0.25) is 15.9 Å². The molecule has 2 fully saturated rings. The highest BCUT2D eigenvalue weighted by atomic mass is 32.2. The summed E-state index contributed by atoms with van der Waals surface area (Å²) in [7, 11) is -3.73. The summed E-state index contributed by atoms with van der Waals surface area (Å²) in [5, 5.41) is 0. The Morgan fingerprint density at radius 3 is 2.46 bits per heavy atom. The van der Waals surface area contributed by atoms with Gasteiger partial charge < -0.3 is 9.64 Å². The molecule has 0 spiro atoms. The fraction of sp³-hybridized carbons (Fsp3) is 0.500. The van der Waals surface area contributed by atoms with Crippen molar-refractivity contribution in [3.8, 4) is 0 Å². The molecule has 0 N–H and O–H groups in total. The van der Waals surface area contributed by atoms with Gasteiger partial charge in [0.05, 0.1) is 30.1 Å². The largest absolute Gasteiger partial charge is 0.378 e. The third-order valence-electron chi connectivity index (χ3n) is 4.21. The van der Waals surface area contributed by atoms with E-state index < -0.39 is 21.3 Å². The van der Waals surface area contributed by atoms with Crippen LogP contribution in [0.3, 0.4) is 0 Å². The maximum absolute atomic E-state index is 12.6. The van der Waals surface area contributed by atoms with Crippen molar-refractivity contribution >= 4 is 27.5 Å². The van der Waals surface area contributed by atoms with E-state index in [0.29, 0.717) is 31.9 Å². The molecule has 2 heterocycles. The third-order valence-corrected chi connectivity index (χ3v) is 6.23. The molecule has 0 atom stereocenters. The average molecular weight is 352 g/mol. The van der Waals surface area contributed by atoms with Crippen molar-refractivity contribution < 1.29 is 22.7 Å². The van der Waals surface area contributed by atoms with Crippen molar-refractivity contribution in [3.05, 3.63) is 29.8 Å². The molecule has 0 aliphatic carbocycles. The number of carbonyl (C=O) groups is 2. The molecule has 0 bridgehead atoms. The molecule has 1 aromatic carbocycles. The van der Waals surface area contributed by atoms with Crippen LogP contribution in [0.15, 0.2) is 24.3 Å². The lowest BCUT2D eigenvalue weighted by atomic mass is 9.95. The number of ether oxygens (including phenoxy) is 1. The summed E-state index contributed by atoms with van der Waals surface area (Å²) in [6.45, 7) is 5.18. The van der Waals surface area contributed by atoms with E-state index >= 15 is 0 Å². The van der Waals surface area contributed by atoms with E-state index in [2.05, 4.69) is 0 Å². The van der Waals surface area contributed by atoms with Crippen molar-refractivity contribution in [2.45, 2.75) is 13.8 Å². The lowest BCUT2D eigenvalue weighted by Crippen LogP contribution is -2.40. The van der Waals surface area contributed by atoms with E-state index in [9.17, 15) is 18.0 Å². The van der Waals surface area contributed by atoms with Gasteiger partial charge in [0, 0.05) is 18.7 Å². The summed E-state index contributed by atoms with van der Waals surface area (Å²) in [5.41, 5.74) is -0.393. The molecule has 3 rings (SSSR count). The highest BCUT2D eigenvalue weighted by Gasteiger charge is 2.50. The van der Waals surface area contributed by atoms with Gasteiger partial charge in [-0.1, -0.05) is 6.07 Å². The van der Waals surface area contributed by atoms with Crippen LogP contribution in [0.25, 0.3) is 0 Å². The molecule has 2 aliphatic rings. The number of anilines is 1. The first-order chi connectivity index (χ1) is 11.2. The zero-order chi connectivity index (χ0) is 17.5. The molecule has 2 saturated heterocycles. The van der Waals surface area contributed by atoms with Crippen LogP contribution in [-0.4, -0.2) is 57.2 Å². The average Bonchev–Trinajstić information content (AvgIpc) is 2.70. The Morgan fingerprint density at radius 2 is 1.88 bits per heavy atom. The first-order valence-corrected chi connectivity index (χ1v) is 9.38. The highest BCUT2D eigenvalue weighted by Crippen LogP contribution is 2.36. The Bertz CT molecular complexity index is 781. The van der Waals surface area contributed by atoms with Crippen LogP contribution in [-0.2, 0) is 19.6 Å². The molecule has 1 aromatic rings. The fourth-order valence-corrected chi connectivity index (χ4v) is 5.07. The van der Waals surface area contributed by atoms with E-state index in [-0.39, 0.29) is 17.3 Å². The van der Waals surface area contributed by atoms with Gasteiger partial charge in [0.1, 0.15) is 0 Å². The van der Waals surface area contributed by atoms with Gasteiger partial charge in [-0.15, -0.1) is 0 Å². The van der Waals surface area contributed by atoms with E-state index in [1.54, 1.807) is 30.9 Å². The standard InChI is InChI=1S/C16H20N2O5S/c1-16(2)11-24(21,22)18(15(16)20)13-5-3-4-12(10-13)14(19)17-6-8-23-9-7-17/h3-5,10H,6-9,11H2,1-2H3. The van der Waals surface area contributed by atoms with E-state index in [1.165, 1.54) is 12.1 Å². The first-order valence-electron chi connectivity index (χ1n) is 7.77. The second-order valence-corrected chi connectivity index (χ2v) is 8.48. The second-order valence-electron chi connectivity index (χ2n) is 6.66. The minimum absolute atomic E-state index is 0.191. The van der Waals surface area contributed by atoms with E-state index in [0.717, 1.165) is 4.31 Å². The SMILES string of the molecule is CC1(C)CS(=O)(=O)N(c2cccc(C(=O)N3CCOCC3)c2)C1=O. The number of morpholine rings is 1. The predicted molar refractivity (Wildman–Crippen MR) is 88.2 cm³/mol. The Kier molecular flexibility index (Phi) is 4.13. The molecule has 2 amide bonds. The zero-order valence-electron chi connectivity index (χ0n) is 13.7. The van der Waals surface area contributed by atoms with Crippen LogP contribution < -0.4 is 4.31 Å². The predicted octanol–water partition coefficient (Wildman–Crippen LogP) is 0.862. The molecule has 0 unspecified atom stereocenters. The summed E-state index contributed by atoms with van der Waals surface area (Å²) in [6.07, 6.45) is 0. The Balaban J connectivity index is 1.93. The molecule has 2 aliphatic heterocycles. The summed E-state index contributed by atoms with van der Waals surface area (Å²) in [5.74, 6) is -0.901. The molecule has 0 aromatic heterocycles. The summed E-state index contributed by atoms with van der Waals surface area (Å²) >= 11 is 0. The monoisotopic (exact) mass is 352 g/mol. The van der Waals surface area contributed by atoms with Crippen LogP contribution in [0.1, 0.15) is 24.2 Å². The Morgan fingerprint density at radius 1 is 1.21 bits per heavy atom. The van der Waals surface area contributed by atoms with Crippen molar-refractivity contribution in [2.24, 2.45) is 5.41 Å². The van der Waals surface area contributed by atoms with Crippen LogP contribution in [0, 0.1) is 5.41 Å². The first kappa shape index (κ1) is 16.9. The number of amides is 2. The number of sulfonamides is 1. The van der Waals surface area contributed by atoms with Crippen LogP contribution in [0.2, 0.25) is 0 Å². The summed E-state index contributed by atoms with van der Waals surface area (Å²) in [6, 6.07) is 6.22. The molecule has 8 heteroatoms. The van der Waals surface area contributed by atoms with Crippen LogP contribution in [0.4, 0.5) is 5.69 Å². The van der Waals surface area contributed by atoms with Gasteiger partial charge in [-0.2, -0.15) is 0 Å². The molecule has 7 nitrogen and oxygen atoms in total. The Labute approximate surface area is 141 Å². The zero-order valence-corrected chi connectivity index (χ0v) is 14.5. The van der Waals surface area contributed by atoms with Crippen molar-refractivity contribution in [1.82, 2.24) is 4.90 Å². The van der Waals surface area contributed by atoms with Gasteiger partial charge in [0.15, 0.2) is 0 Å². The summed E-state index contributed by atoms with van der Waals surface area (Å²) in [4.78, 5) is 26.7. The topological polar surface area (TPSA) is 84.0 Å². The van der Waals surface area contributed by atoms with E-state index in [4.69, 9.17) is 4.74 Å². The number of hydrogen-bond acceptors (Lipinski definition) is 5. The maximum Gasteiger partial charge on any atom is 0.254 e. The molecule has 0 radical (unpaired) electrons. The van der Waals surface area contributed by atoms with Gasteiger partial charge in [0.25, 0.3) is 5.91 Å².